The molecular formula is C27H30N10O. The van der Waals surface area contributed by atoms with Crippen LogP contribution in [0.4, 0.5) is 11.8 Å². The molecule has 3 aromatic heterocycles. The highest BCUT2D eigenvalue weighted by molar-refractivity contribution is 6.09. The molecule has 0 saturated carbocycles. The minimum Gasteiger partial charge on any atom is -0.404 e. The van der Waals surface area contributed by atoms with Crippen LogP contribution in [0.3, 0.4) is 0 Å². The standard InChI is InChI=1S/C27H30N10O/c1-29-14-20(13-28)17-5-7-18(8-6-17)26-24-21(33-36(26)4)10-9-19-15-30-27(32-25(19)24)31-22-11-12-37(34-22)16-23(38)35(2)3/h5-8,11-15H,9-10,16,28H2,1-4H3,(H,30,31,32,34). The second kappa shape index (κ2) is 10.3. The number of nitrogens with one attached hydrogen (secondary N) is 1. The molecule has 0 saturated heterocycles. The fraction of sp³-hybridized carbons (Fsp3) is 0.259. The highest BCUT2D eigenvalue weighted by Crippen LogP contribution is 2.39. The molecule has 0 aliphatic heterocycles. The molecule has 1 aliphatic carbocycles. The molecule has 38 heavy (non-hydrogen) atoms. The van der Waals surface area contributed by atoms with Gasteiger partial charge < -0.3 is 16.0 Å². The van der Waals surface area contributed by atoms with Crippen LogP contribution in [-0.2, 0) is 31.2 Å². The normalized spacial score (nSPS) is 12.9. The second-order valence-corrected chi connectivity index (χ2v) is 9.26. The number of allylic oxidation sites excluding steroid dienone is 1. The molecule has 11 heteroatoms. The number of carbonyl (C=O) groups is 1. The Morgan fingerprint density at radius 3 is 2.68 bits per heavy atom. The van der Waals surface area contributed by atoms with E-state index in [1.54, 1.807) is 50.5 Å². The third-order valence-electron chi connectivity index (χ3n) is 6.47. The van der Waals surface area contributed by atoms with Gasteiger partial charge in [0.05, 0.1) is 17.1 Å². The number of anilines is 2. The molecule has 0 bridgehead atoms. The Morgan fingerprint density at radius 2 is 1.97 bits per heavy atom. The summed E-state index contributed by atoms with van der Waals surface area (Å²) in [5.41, 5.74) is 13.6. The van der Waals surface area contributed by atoms with E-state index in [1.807, 2.05) is 30.1 Å². The Bertz CT molecular complexity index is 1540. The first-order chi connectivity index (χ1) is 18.4. The molecule has 0 atom stereocenters. The Morgan fingerprint density at radius 1 is 1.18 bits per heavy atom. The summed E-state index contributed by atoms with van der Waals surface area (Å²) < 4.78 is 3.50. The number of rotatable bonds is 7. The van der Waals surface area contributed by atoms with Crippen LogP contribution < -0.4 is 11.1 Å². The molecule has 0 radical (unpaired) electrons. The van der Waals surface area contributed by atoms with Gasteiger partial charge in [0.25, 0.3) is 0 Å². The summed E-state index contributed by atoms with van der Waals surface area (Å²) in [6.07, 6.45) is 8.55. The van der Waals surface area contributed by atoms with E-state index in [0.29, 0.717) is 11.8 Å². The molecule has 3 heterocycles. The van der Waals surface area contributed by atoms with Crippen LogP contribution in [-0.4, -0.2) is 67.7 Å². The lowest BCUT2D eigenvalue weighted by atomic mass is 9.91. The lowest BCUT2D eigenvalue weighted by Crippen LogP contribution is -2.26. The first kappa shape index (κ1) is 24.9. The predicted octanol–water partition coefficient (Wildman–Crippen LogP) is 2.67. The summed E-state index contributed by atoms with van der Waals surface area (Å²) in [5, 5.41) is 12.4. The van der Waals surface area contributed by atoms with Crippen LogP contribution in [0, 0.1) is 0 Å². The zero-order valence-electron chi connectivity index (χ0n) is 21.9. The summed E-state index contributed by atoms with van der Waals surface area (Å²) in [6, 6.07) is 9.99. The number of aromatic nitrogens is 6. The van der Waals surface area contributed by atoms with Crippen molar-refractivity contribution in [1.29, 1.82) is 0 Å². The molecule has 5 rings (SSSR count). The number of nitrogens with two attached hydrogens (primary N) is 1. The molecule has 11 nitrogen and oxygen atoms in total. The van der Waals surface area contributed by atoms with Crippen molar-refractivity contribution in [3.63, 3.8) is 0 Å². The molecule has 3 N–H and O–H groups in total. The van der Waals surface area contributed by atoms with Crippen LogP contribution in [0.1, 0.15) is 16.8 Å². The smallest absolute Gasteiger partial charge is 0.243 e. The van der Waals surface area contributed by atoms with Gasteiger partial charge in [-0.3, -0.25) is 19.2 Å². The Labute approximate surface area is 220 Å². The lowest BCUT2D eigenvalue weighted by molar-refractivity contribution is -0.129. The fourth-order valence-corrected chi connectivity index (χ4v) is 4.54. The zero-order chi connectivity index (χ0) is 26.8. The van der Waals surface area contributed by atoms with Gasteiger partial charge in [-0.2, -0.15) is 10.2 Å². The summed E-state index contributed by atoms with van der Waals surface area (Å²) in [5.74, 6) is 0.958. The van der Waals surface area contributed by atoms with Crippen molar-refractivity contribution >= 4 is 29.5 Å². The first-order valence-corrected chi connectivity index (χ1v) is 12.3. The van der Waals surface area contributed by atoms with E-state index < -0.39 is 0 Å². The maximum Gasteiger partial charge on any atom is 0.243 e. The van der Waals surface area contributed by atoms with Crippen molar-refractivity contribution in [2.75, 3.05) is 26.5 Å². The second-order valence-electron chi connectivity index (χ2n) is 9.26. The number of nitrogens with zero attached hydrogens (tertiary/aromatic N) is 8. The molecular weight excluding hydrogens is 480 g/mol. The number of likely N-dealkylation sites (N-methyl/N-ethyl adjacent to an activating group) is 1. The summed E-state index contributed by atoms with van der Waals surface area (Å²) in [6.45, 7) is 0.161. The van der Waals surface area contributed by atoms with E-state index in [1.165, 1.54) is 4.90 Å². The number of aryl methyl sites for hydroxylation is 3. The van der Waals surface area contributed by atoms with Crippen LogP contribution in [0.25, 0.3) is 28.1 Å². The maximum absolute atomic E-state index is 12.0. The number of aliphatic imine (C=N–C) groups is 1. The minimum atomic E-state index is -0.0388. The van der Waals surface area contributed by atoms with E-state index in [-0.39, 0.29) is 12.5 Å². The van der Waals surface area contributed by atoms with E-state index in [9.17, 15) is 4.79 Å². The van der Waals surface area contributed by atoms with Crippen molar-refractivity contribution in [2.24, 2.45) is 17.8 Å². The Hall–Kier alpha value is -4.80. The largest absolute Gasteiger partial charge is 0.404 e. The van der Waals surface area contributed by atoms with Gasteiger partial charge in [0, 0.05) is 75.8 Å². The minimum absolute atomic E-state index is 0.0388. The van der Waals surface area contributed by atoms with Gasteiger partial charge in [-0.1, -0.05) is 24.3 Å². The van der Waals surface area contributed by atoms with E-state index in [0.717, 1.165) is 57.8 Å². The SMILES string of the molecule is CN=CC(=CN)c1ccc(-c2c3c(nn2C)CCc2cnc(Nc4ccn(CC(=O)N(C)C)n4)nc2-3)cc1. The van der Waals surface area contributed by atoms with Gasteiger partial charge in [0.2, 0.25) is 11.9 Å². The lowest BCUT2D eigenvalue weighted by Gasteiger charge is -2.17. The average Bonchev–Trinajstić information content (AvgIpc) is 3.50. The van der Waals surface area contributed by atoms with Gasteiger partial charge in [-0.25, -0.2) is 9.97 Å². The summed E-state index contributed by atoms with van der Waals surface area (Å²) >= 11 is 0. The number of hydrogen-bond donors (Lipinski definition) is 2. The van der Waals surface area contributed by atoms with Crippen molar-refractivity contribution in [3.8, 4) is 22.5 Å². The molecule has 0 spiro atoms. The van der Waals surface area contributed by atoms with Crippen molar-refractivity contribution in [2.45, 2.75) is 19.4 Å². The number of fused-ring (bicyclic) bond motifs is 3. The highest BCUT2D eigenvalue weighted by Gasteiger charge is 2.27. The first-order valence-electron chi connectivity index (χ1n) is 12.3. The van der Waals surface area contributed by atoms with E-state index in [2.05, 4.69) is 32.5 Å². The quantitative estimate of drug-likeness (QED) is 0.365. The maximum atomic E-state index is 12.0. The van der Waals surface area contributed by atoms with Gasteiger partial charge in [-0.05, 0) is 24.0 Å². The van der Waals surface area contributed by atoms with Crippen LogP contribution >= 0.6 is 0 Å². The van der Waals surface area contributed by atoms with E-state index >= 15 is 0 Å². The molecule has 0 unspecified atom stereocenters. The predicted molar refractivity (Wildman–Crippen MR) is 148 cm³/mol. The molecule has 1 aliphatic rings. The van der Waals surface area contributed by atoms with Crippen LogP contribution in [0.2, 0.25) is 0 Å². The fourth-order valence-electron chi connectivity index (χ4n) is 4.54. The van der Waals surface area contributed by atoms with Crippen LogP contribution in [0.5, 0.6) is 0 Å². The summed E-state index contributed by atoms with van der Waals surface area (Å²) in [4.78, 5) is 27.0. The number of carbonyl (C=O) groups excluding carboxylic acids is 1. The summed E-state index contributed by atoms with van der Waals surface area (Å²) in [7, 11) is 7.12. The van der Waals surface area contributed by atoms with Crippen LogP contribution in [0.15, 0.2) is 53.9 Å². The van der Waals surface area contributed by atoms with Gasteiger partial charge in [-0.15, -0.1) is 0 Å². The third kappa shape index (κ3) is 4.77. The average molecular weight is 511 g/mol. The Balaban J connectivity index is 1.47. The van der Waals surface area contributed by atoms with Gasteiger partial charge in [0.15, 0.2) is 5.82 Å². The monoisotopic (exact) mass is 510 g/mol. The van der Waals surface area contributed by atoms with E-state index in [4.69, 9.17) is 15.8 Å². The number of benzene rings is 1. The molecule has 4 aromatic rings. The van der Waals surface area contributed by atoms with Crippen molar-refractivity contribution in [3.05, 3.63) is 65.7 Å². The van der Waals surface area contributed by atoms with Gasteiger partial charge in [0.1, 0.15) is 6.54 Å². The zero-order valence-corrected chi connectivity index (χ0v) is 21.9. The van der Waals surface area contributed by atoms with Crippen molar-refractivity contribution in [1.82, 2.24) is 34.4 Å². The number of amides is 1. The third-order valence-corrected chi connectivity index (χ3v) is 6.47. The molecule has 1 aromatic carbocycles. The van der Waals surface area contributed by atoms with Crippen molar-refractivity contribution < 1.29 is 4.79 Å². The number of hydrogen-bond acceptors (Lipinski definition) is 8. The topological polar surface area (TPSA) is 132 Å². The molecule has 194 valence electrons. The highest BCUT2D eigenvalue weighted by atomic mass is 16.2. The molecule has 0 fully saturated rings. The molecule has 1 amide bonds. The Kier molecular flexibility index (Phi) is 6.73. The van der Waals surface area contributed by atoms with Gasteiger partial charge >= 0.3 is 0 Å².